The number of aromatic amines is 1. The van der Waals surface area contributed by atoms with E-state index in [4.69, 9.17) is 5.11 Å². The van der Waals surface area contributed by atoms with Crippen LogP contribution in [0.5, 0.6) is 0 Å². The van der Waals surface area contributed by atoms with Crippen molar-refractivity contribution in [2.75, 3.05) is 0 Å². The van der Waals surface area contributed by atoms with E-state index < -0.39 is 35.1 Å². The van der Waals surface area contributed by atoms with Crippen molar-refractivity contribution in [2.45, 2.75) is 31.8 Å². The molecule has 1 fully saturated rings. The average Bonchev–Trinajstić information content (AvgIpc) is 2.81. The summed E-state index contributed by atoms with van der Waals surface area (Å²) in [6.07, 6.45) is 3.13. The number of carbonyl (C=O) groups is 2. The zero-order chi connectivity index (χ0) is 14.7. The number of aromatic nitrogens is 2. The van der Waals surface area contributed by atoms with Gasteiger partial charge in [0.2, 0.25) is 5.91 Å². The molecule has 1 aromatic rings. The number of hydrogen-bond acceptors (Lipinski definition) is 4. The second kappa shape index (κ2) is 5.72. The van der Waals surface area contributed by atoms with E-state index in [1.807, 2.05) is 4.98 Å². The molecule has 3 N–H and O–H groups in total. The van der Waals surface area contributed by atoms with Gasteiger partial charge >= 0.3 is 11.7 Å². The van der Waals surface area contributed by atoms with Gasteiger partial charge in [0.15, 0.2) is 0 Å². The third-order valence-corrected chi connectivity index (χ3v) is 3.39. The number of nitrogens with zero attached hydrogens (tertiary/aromatic N) is 1. The molecule has 1 aromatic heterocycles. The quantitative estimate of drug-likeness (QED) is 0.647. The minimum Gasteiger partial charge on any atom is -0.481 e. The number of rotatable bonds is 4. The standard InChI is InChI=1S/C12H15N3O5/c16-9-4-5-15(12(20)14-9)6-10(17)13-8-3-1-2-7(8)11(18)19/h4-5,7-8H,1-3,6H2,(H,13,17)(H,18,19)(H,14,16,20). The van der Waals surface area contributed by atoms with Gasteiger partial charge in [0.25, 0.3) is 5.56 Å². The zero-order valence-electron chi connectivity index (χ0n) is 10.7. The van der Waals surface area contributed by atoms with E-state index in [0.717, 1.165) is 17.1 Å². The summed E-state index contributed by atoms with van der Waals surface area (Å²) in [6, 6.07) is 0.739. The molecule has 1 aliphatic carbocycles. The van der Waals surface area contributed by atoms with Crippen molar-refractivity contribution >= 4 is 11.9 Å². The molecular weight excluding hydrogens is 266 g/mol. The first-order valence-electron chi connectivity index (χ1n) is 6.29. The summed E-state index contributed by atoms with van der Waals surface area (Å²) in [5.41, 5.74) is -1.21. The van der Waals surface area contributed by atoms with Gasteiger partial charge in [-0.05, 0) is 12.8 Å². The molecule has 2 unspecified atom stereocenters. The molecular formula is C12H15N3O5. The first-order chi connectivity index (χ1) is 9.47. The van der Waals surface area contributed by atoms with Crippen LogP contribution in [-0.4, -0.2) is 32.6 Å². The normalized spacial score (nSPS) is 21.6. The van der Waals surface area contributed by atoms with E-state index in [0.29, 0.717) is 12.8 Å². The molecule has 108 valence electrons. The average molecular weight is 281 g/mol. The Bertz CT molecular complexity index is 632. The van der Waals surface area contributed by atoms with Crippen molar-refractivity contribution in [1.29, 1.82) is 0 Å². The van der Waals surface area contributed by atoms with Crippen LogP contribution in [0.1, 0.15) is 19.3 Å². The number of aliphatic carboxylic acids is 1. The van der Waals surface area contributed by atoms with Gasteiger partial charge in [-0.1, -0.05) is 6.42 Å². The summed E-state index contributed by atoms with van der Waals surface area (Å²) >= 11 is 0. The summed E-state index contributed by atoms with van der Waals surface area (Å²) in [6.45, 7) is -0.252. The highest BCUT2D eigenvalue weighted by atomic mass is 16.4. The third kappa shape index (κ3) is 3.14. The van der Waals surface area contributed by atoms with E-state index >= 15 is 0 Å². The summed E-state index contributed by atoms with van der Waals surface area (Å²) < 4.78 is 1.06. The molecule has 1 amide bonds. The second-order valence-electron chi connectivity index (χ2n) is 4.79. The molecule has 0 spiro atoms. The predicted octanol–water partition coefficient (Wildman–Crippen LogP) is -1.09. The number of carbonyl (C=O) groups excluding carboxylic acids is 1. The Hall–Kier alpha value is -2.38. The highest BCUT2D eigenvalue weighted by molar-refractivity contribution is 5.78. The van der Waals surface area contributed by atoms with Crippen LogP contribution in [-0.2, 0) is 16.1 Å². The van der Waals surface area contributed by atoms with E-state index in [2.05, 4.69) is 5.32 Å². The summed E-state index contributed by atoms with van der Waals surface area (Å²) in [5.74, 6) is -1.95. The van der Waals surface area contributed by atoms with Crippen molar-refractivity contribution in [3.05, 3.63) is 33.1 Å². The molecule has 0 aliphatic heterocycles. The van der Waals surface area contributed by atoms with Crippen LogP contribution in [0.3, 0.4) is 0 Å². The van der Waals surface area contributed by atoms with Crippen LogP contribution < -0.4 is 16.6 Å². The number of carboxylic acid groups (broad SMARTS) is 1. The Morgan fingerprint density at radius 2 is 2.15 bits per heavy atom. The maximum atomic E-state index is 11.8. The van der Waals surface area contributed by atoms with Crippen LogP contribution in [0.15, 0.2) is 21.9 Å². The van der Waals surface area contributed by atoms with E-state index in [-0.39, 0.29) is 6.54 Å². The number of nitrogens with one attached hydrogen (secondary N) is 2. The van der Waals surface area contributed by atoms with Crippen molar-refractivity contribution < 1.29 is 14.7 Å². The van der Waals surface area contributed by atoms with Gasteiger partial charge in [-0.25, -0.2) is 4.79 Å². The van der Waals surface area contributed by atoms with E-state index in [9.17, 15) is 19.2 Å². The Kier molecular flexibility index (Phi) is 4.02. The van der Waals surface area contributed by atoms with Gasteiger partial charge in [0.05, 0.1) is 5.92 Å². The first kappa shape index (κ1) is 14.0. The Balaban J connectivity index is 2.00. The molecule has 0 saturated heterocycles. The minimum atomic E-state index is -0.922. The second-order valence-corrected chi connectivity index (χ2v) is 4.79. The van der Waals surface area contributed by atoms with Gasteiger partial charge in [-0.15, -0.1) is 0 Å². The lowest BCUT2D eigenvalue weighted by molar-refractivity contribution is -0.142. The summed E-state index contributed by atoms with van der Waals surface area (Å²) in [7, 11) is 0. The monoisotopic (exact) mass is 281 g/mol. The smallest absolute Gasteiger partial charge is 0.328 e. The molecule has 1 heterocycles. The SMILES string of the molecule is O=C(Cn1ccc(=O)[nH]c1=O)NC1CCCC1C(=O)O. The molecule has 8 nitrogen and oxygen atoms in total. The van der Waals surface area contributed by atoms with E-state index in [1.165, 1.54) is 6.20 Å². The molecule has 2 rings (SSSR count). The van der Waals surface area contributed by atoms with Crippen LogP contribution in [0.4, 0.5) is 0 Å². The van der Waals surface area contributed by atoms with Crippen molar-refractivity contribution in [2.24, 2.45) is 5.92 Å². The maximum Gasteiger partial charge on any atom is 0.328 e. The van der Waals surface area contributed by atoms with E-state index in [1.54, 1.807) is 0 Å². The van der Waals surface area contributed by atoms with Crippen LogP contribution in [0, 0.1) is 5.92 Å². The van der Waals surface area contributed by atoms with Crippen molar-refractivity contribution in [3.8, 4) is 0 Å². The Morgan fingerprint density at radius 3 is 2.80 bits per heavy atom. The fraction of sp³-hybridized carbons (Fsp3) is 0.500. The predicted molar refractivity (Wildman–Crippen MR) is 68.2 cm³/mol. The van der Waals surface area contributed by atoms with Gasteiger partial charge in [-0.2, -0.15) is 0 Å². The van der Waals surface area contributed by atoms with Crippen molar-refractivity contribution in [3.63, 3.8) is 0 Å². The molecule has 1 saturated carbocycles. The first-order valence-corrected chi connectivity index (χ1v) is 6.29. The lowest BCUT2D eigenvalue weighted by Crippen LogP contribution is -2.43. The molecule has 0 bridgehead atoms. The summed E-state index contributed by atoms with van der Waals surface area (Å²) in [5, 5.41) is 11.6. The molecule has 2 atom stereocenters. The molecule has 0 aromatic carbocycles. The lowest BCUT2D eigenvalue weighted by Gasteiger charge is -2.17. The zero-order valence-corrected chi connectivity index (χ0v) is 10.7. The van der Waals surface area contributed by atoms with Gasteiger partial charge in [-0.3, -0.25) is 23.9 Å². The Labute approximate surface area is 113 Å². The van der Waals surface area contributed by atoms with Crippen molar-refractivity contribution in [1.82, 2.24) is 14.9 Å². The topological polar surface area (TPSA) is 121 Å². The molecule has 8 heteroatoms. The molecule has 0 radical (unpaired) electrons. The van der Waals surface area contributed by atoms with Crippen LogP contribution >= 0.6 is 0 Å². The third-order valence-electron chi connectivity index (χ3n) is 3.39. The number of amides is 1. The lowest BCUT2D eigenvalue weighted by atomic mass is 10.0. The molecule has 1 aliphatic rings. The van der Waals surface area contributed by atoms with Gasteiger partial charge < -0.3 is 10.4 Å². The van der Waals surface area contributed by atoms with Crippen LogP contribution in [0.2, 0.25) is 0 Å². The Morgan fingerprint density at radius 1 is 1.40 bits per heavy atom. The number of carboxylic acids is 1. The van der Waals surface area contributed by atoms with Gasteiger partial charge in [0.1, 0.15) is 6.54 Å². The fourth-order valence-corrected chi connectivity index (χ4v) is 2.40. The summed E-state index contributed by atoms with van der Waals surface area (Å²) in [4.78, 5) is 47.2. The number of H-pyrrole nitrogens is 1. The van der Waals surface area contributed by atoms with Crippen LogP contribution in [0.25, 0.3) is 0 Å². The highest BCUT2D eigenvalue weighted by Gasteiger charge is 2.33. The highest BCUT2D eigenvalue weighted by Crippen LogP contribution is 2.25. The largest absolute Gasteiger partial charge is 0.481 e. The number of hydrogen-bond donors (Lipinski definition) is 3. The van der Waals surface area contributed by atoms with Gasteiger partial charge in [0, 0.05) is 18.3 Å². The fourth-order valence-electron chi connectivity index (χ4n) is 2.40. The minimum absolute atomic E-state index is 0.252. The molecule has 20 heavy (non-hydrogen) atoms. The maximum absolute atomic E-state index is 11.8.